The van der Waals surface area contributed by atoms with Gasteiger partial charge < -0.3 is 5.32 Å². The fourth-order valence-corrected chi connectivity index (χ4v) is 2.04. The summed E-state index contributed by atoms with van der Waals surface area (Å²) in [6.45, 7) is 7.08. The molecule has 3 heteroatoms. The summed E-state index contributed by atoms with van der Waals surface area (Å²) < 4.78 is 0. The number of amides is 1. The Kier molecular flexibility index (Phi) is 5.69. The molecule has 0 spiro atoms. The molecule has 0 saturated carbocycles. The number of hydrogen-bond donors (Lipinski definition) is 1. The Balaban J connectivity index is 2.35. The lowest BCUT2D eigenvalue weighted by Crippen LogP contribution is -2.45. The number of carbonyl (C=O) groups excluding carboxylic acids is 1. The summed E-state index contributed by atoms with van der Waals surface area (Å²) >= 11 is 0. The zero-order valence-electron chi connectivity index (χ0n) is 10.1. The van der Waals surface area contributed by atoms with Crippen molar-refractivity contribution in [2.24, 2.45) is 0 Å². The van der Waals surface area contributed by atoms with E-state index in [1.54, 1.807) is 0 Å². The number of hydrogen-bond acceptors (Lipinski definition) is 2. The van der Waals surface area contributed by atoms with Crippen LogP contribution in [0, 0.1) is 0 Å². The molecule has 3 nitrogen and oxygen atoms in total. The van der Waals surface area contributed by atoms with Crippen LogP contribution in [0.2, 0.25) is 0 Å². The van der Waals surface area contributed by atoms with Gasteiger partial charge in [-0.25, -0.2) is 0 Å². The van der Waals surface area contributed by atoms with Gasteiger partial charge >= 0.3 is 0 Å². The predicted octanol–water partition coefficient (Wildman–Crippen LogP) is 1.78. The Hall–Kier alpha value is -0.570. The van der Waals surface area contributed by atoms with Crippen LogP contribution >= 0.6 is 0 Å². The topological polar surface area (TPSA) is 32.3 Å². The molecule has 0 aromatic rings. The standard InChI is InChI=1S/C12H24N2O/c1-3-8-13-12(15)11(2)14-9-6-4-5-7-10-14/h11H,3-10H2,1-2H3,(H,13,15)/t11-/m0/s1. The van der Waals surface area contributed by atoms with E-state index in [4.69, 9.17) is 0 Å². The third-order valence-electron chi connectivity index (χ3n) is 3.12. The summed E-state index contributed by atoms with van der Waals surface area (Å²) in [6, 6.07) is 0.0506. The SMILES string of the molecule is CCCNC(=O)[C@H](C)N1CCCCCC1. The highest BCUT2D eigenvalue weighted by Gasteiger charge is 2.21. The molecule has 15 heavy (non-hydrogen) atoms. The molecule has 0 aliphatic carbocycles. The molecule has 1 fully saturated rings. The molecule has 0 aromatic heterocycles. The molecule has 0 aromatic carbocycles. The average molecular weight is 212 g/mol. The normalized spacial score (nSPS) is 20.7. The molecule has 1 amide bonds. The molecule has 1 heterocycles. The fraction of sp³-hybridized carbons (Fsp3) is 0.917. The number of nitrogens with zero attached hydrogens (tertiary/aromatic N) is 1. The molecule has 0 radical (unpaired) electrons. The molecule has 0 bridgehead atoms. The van der Waals surface area contributed by atoms with E-state index in [0.717, 1.165) is 26.1 Å². The molecule has 1 rings (SSSR count). The summed E-state index contributed by atoms with van der Waals surface area (Å²) in [5.41, 5.74) is 0. The first kappa shape index (κ1) is 12.5. The van der Waals surface area contributed by atoms with Gasteiger partial charge in [0.05, 0.1) is 6.04 Å². The maximum Gasteiger partial charge on any atom is 0.237 e. The van der Waals surface area contributed by atoms with Crippen LogP contribution in [0.25, 0.3) is 0 Å². The van der Waals surface area contributed by atoms with Gasteiger partial charge in [-0.3, -0.25) is 9.69 Å². The first-order valence-electron chi connectivity index (χ1n) is 6.27. The summed E-state index contributed by atoms with van der Waals surface area (Å²) in [5.74, 6) is 0.193. The summed E-state index contributed by atoms with van der Waals surface area (Å²) in [5, 5.41) is 2.97. The van der Waals surface area contributed by atoms with Crippen LogP contribution in [-0.2, 0) is 4.79 Å². The van der Waals surface area contributed by atoms with Crippen molar-refractivity contribution in [1.82, 2.24) is 10.2 Å². The molecule has 1 N–H and O–H groups in total. The number of carbonyl (C=O) groups is 1. The van der Waals surface area contributed by atoms with E-state index < -0.39 is 0 Å². The molecule has 1 atom stereocenters. The van der Waals surface area contributed by atoms with Gasteiger partial charge in [0.2, 0.25) is 5.91 Å². The first-order valence-corrected chi connectivity index (χ1v) is 6.27. The van der Waals surface area contributed by atoms with Crippen LogP contribution in [0.4, 0.5) is 0 Å². The van der Waals surface area contributed by atoms with Gasteiger partial charge in [0.25, 0.3) is 0 Å². The van der Waals surface area contributed by atoms with Crippen LogP contribution in [0.15, 0.2) is 0 Å². The number of likely N-dealkylation sites (tertiary alicyclic amines) is 1. The monoisotopic (exact) mass is 212 g/mol. The second kappa shape index (κ2) is 6.83. The second-order valence-electron chi connectivity index (χ2n) is 4.42. The van der Waals surface area contributed by atoms with Crippen molar-refractivity contribution in [3.8, 4) is 0 Å². The third kappa shape index (κ3) is 4.20. The lowest BCUT2D eigenvalue weighted by Gasteiger charge is -2.26. The summed E-state index contributed by atoms with van der Waals surface area (Å²) in [6.07, 6.45) is 6.13. The minimum atomic E-state index is 0.0506. The lowest BCUT2D eigenvalue weighted by atomic mass is 10.2. The van der Waals surface area contributed by atoms with E-state index in [2.05, 4.69) is 17.1 Å². The Morgan fingerprint density at radius 2 is 1.87 bits per heavy atom. The van der Waals surface area contributed by atoms with E-state index >= 15 is 0 Å². The predicted molar refractivity (Wildman–Crippen MR) is 62.8 cm³/mol. The lowest BCUT2D eigenvalue weighted by molar-refractivity contribution is -0.125. The van der Waals surface area contributed by atoms with Crippen molar-refractivity contribution in [3.05, 3.63) is 0 Å². The molecule has 0 unspecified atom stereocenters. The van der Waals surface area contributed by atoms with Gasteiger partial charge in [-0.1, -0.05) is 19.8 Å². The fourth-order valence-electron chi connectivity index (χ4n) is 2.04. The first-order chi connectivity index (χ1) is 7.25. The van der Waals surface area contributed by atoms with E-state index in [-0.39, 0.29) is 11.9 Å². The van der Waals surface area contributed by atoms with Crippen molar-refractivity contribution in [3.63, 3.8) is 0 Å². The van der Waals surface area contributed by atoms with E-state index in [9.17, 15) is 4.79 Å². The quantitative estimate of drug-likeness (QED) is 0.770. The number of nitrogens with one attached hydrogen (secondary N) is 1. The maximum atomic E-state index is 11.8. The Morgan fingerprint density at radius 1 is 1.27 bits per heavy atom. The highest BCUT2D eigenvalue weighted by molar-refractivity contribution is 5.81. The van der Waals surface area contributed by atoms with Crippen molar-refractivity contribution in [1.29, 1.82) is 0 Å². The molecular weight excluding hydrogens is 188 g/mol. The number of rotatable bonds is 4. The van der Waals surface area contributed by atoms with Crippen LogP contribution < -0.4 is 5.32 Å². The molecule has 1 aliphatic rings. The molecule has 1 saturated heterocycles. The van der Waals surface area contributed by atoms with Gasteiger partial charge in [0.15, 0.2) is 0 Å². The van der Waals surface area contributed by atoms with Crippen molar-refractivity contribution in [2.45, 2.75) is 52.0 Å². The second-order valence-corrected chi connectivity index (χ2v) is 4.42. The van der Waals surface area contributed by atoms with E-state index in [1.807, 2.05) is 6.92 Å². The highest BCUT2D eigenvalue weighted by atomic mass is 16.2. The zero-order valence-corrected chi connectivity index (χ0v) is 10.1. The van der Waals surface area contributed by atoms with Gasteiger partial charge in [0.1, 0.15) is 0 Å². The third-order valence-corrected chi connectivity index (χ3v) is 3.12. The van der Waals surface area contributed by atoms with Crippen LogP contribution in [0.3, 0.4) is 0 Å². The maximum absolute atomic E-state index is 11.8. The minimum Gasteiger partial charge on any atom is -0.355 e. The molecule has 1 aliphatic heterocycles. The van der Waals surface area contributed by atoms with Crippen molar-refractivity contribution >= 4 is 5.91 Å². The van der Waals surface area contributed by atoms with Gasteiger partial charge in [-0.2, -0.15) is 0 Å². The molecular formula is C12H24N2O. The van der Waals surface area contributed by atoms with Crippen LogP contribution in [0.5, 0.6) is 0 Å². The summed E-state index contributed by atoms with van der Waals surface area (Å²) in [7, 11) is 0. The van der Waals surface area contributed by atoms with Gasteiger partial charge in [-0.15, -0.1) is 0 Å². The van der Waals surface area contributed by atoms with E-state index in [1.165, 1.54) is 25.7 Å². The zero-order chi connectivity index (χ0) is 11.1. The van der Waals surface area contributed by atoms with Crippen LogP contribution in [-0.4, -0.2) is 36.5 Å². The van der Waals surface area contributed by atoms with Crippen molar-refractivity contribution < 1.29 is 4.79 Å². The van der Waals surface area contributed by atoms with Gasteiger partial charge in [0, 0.05) is 6.54 Å². The van der Waals surface area contributed by atoms with Crippen molar-refractivity contribution in [2.75, 3.05) is 19.6 Å². The summed E-state index contributed by atoms with van der Waals surface area (Å²) in [4.78, 5) is 14.1. The minimum absolute atomic E-state index is 0.0506. The highest BCUT2D eigenvalue weighted by Crippen LogP contribution is 2.12. The molecule has 88 valence electrons. The Labute approximate surface area is 93.2 Å². The Bertz CT molecular complexity index is 186. The Morgan fingerprint density at radius 3 is 2.40 bits per heavy atom. The average Bonchev–Trinajstić information content (AvgIpc) is 2.53. The largest absolute Gasteiger partial charge is 0.355 e. The smallest absolute Gasteiger partial charge is 0.237 e. The van der Waals surface area contributed by atoms with E-state index in [0.29, 0.717) is 0 Å². The van der Waals surface area contributed by atoms with Crippen LogP contribution in [0.1, 0.15) is 46.0 Å². The van der Waals surface area contributed by atoms with Gasteiger partial charge in [-0.05, 0) is 39.3 Å².